The molecule has 0 fully saturated rings. The molecule has 0 saturated carbocycles. The molecule has 0 aliphatic rings. The smallest absolute Gasteiger partial charge is 0.338 e. The van der Waals surface area contributed by atoms with Crippen LogP contribution in [0.15, 0.2) is 60.7 Å². The van der Waals surface area contributed by atoms with E-state index in [1.54, 1.807) is 72.5 Å². The number of halogens is 3. The Morgan fingerprint density at radius 3 is 2.16 bits per heavy atom. The summed E-state index contributed by atoms with van der Waals surface area (Å²) in [6.07, 6.45) is 0. The van der Waals surface area contributed by atoms with Crippen molar-refractivity contribution in [1.82, 2.24) is 0 Å². The lowest BCUT2D eigenvalue weighted by Crippen LogP contribution is -2.30. The Morgan fingerprint density at radius 2 is 1.55 bits per heavy atom. The molecule has 1 amide bonds. The maximum absolute atomic E-state index is 13.4. The van der Waals surface area contributed by atoms with Crippen molar-refractivity contribution in [1.29, 1.82) is 0 Å². The van der Waals surface area contributed by atoms with Crippen LogP contribution < -0.4 is 4.90 Å². The Hall–Kier alpha value is -2.53. The summed E-state index contributed by atoms with van der Waals surface area (Å²) < 4.78 is 5.03. The van der Waals surface area contributed by atoms with Gasteiger partial charge in [-0.05, 0) is 73.5 Å². The molecule has 3 aromatic carbocycles. The van der Waals surface area contributed by atoms with Crippen LogP contribution in [0.3, 0.4) is 0 Å². The van der Waals surface area contributed by atoms with Crippen molar-refractivity contribution >= 4 is 52.4 Å². The first-order valence-electron chi connectivity index (χ1n) is 9.59. The van der Waals surface area contributed by atoms with Crippen molar-refractivity contribution in [3.63, 3.8) is 0 Å². The van der Waals surface area contributed by atoms with E-state index in [1.165, 1.54) is 0 Å². The second-order valence-corrected chi connectivity index (χ2v) is 8.11. The highest BCUT2D eigenvalue weighted by atomic mass is 35.5. The Kier molecular flexibility index (Phi) is 7.60. The number of benzene rings is 3. The summed E-state index contributed by atoms with van der Waals surface area (Å²) >= 11 is 18.6. The molecule has 0 saturated heterocycles. The van der Waals surface area contributed by atoms with Gasteiger partial charge in [-0.25, -0.2) is 4.79 Å². The van der Waals surface area contributed by atoms with Crippen molar-refractivity contribution < 1.29 is 14.3 Å². The lowest BCUT2D eigenvalue weighted by Gasteiger charge is -2.24. The first-order valence-corrected chi connectivity index (χ1v) is 10.7. The van der Waals surface area contributed by atoms with Gasteiger partial charge in [-0.3, -0.25) is 4.79 Å². The van der Waals surface area contributed by atoms with Gasteiger partial charge in [-0.15, -0.1) is 0 Å². The number of hydrogen-bond acceptors (Lipinski definition) is 3. The van der Waals surface area contributed by atoms with Crippen LogP contribution in [0.5, 0.6) is 0 Å². The third-order valence-corrected chi connectivity index (χ3v) is 5.69. The minimum absolute atomic E-state index is 0.207. The normalized spacial score (nSPS) is 10.6. The lowest BCUT2D eigenvalue weighted by molar-refractivity contribution is 0.0526. The van der Waals surface area contributed by atoms with Gasteiger partial charge >= 0.3 is 5.97 Å². The lowest BCUT2D eigenvalue weighted by atomic mass is 10.1. The maximum atomic E-state index is 13.4. The molecule has 3 rings (SSSR count). The molecule has 0 atom stereocenters. The number of esters is 1. The number of anilines is 1. The van der Waals surface area contributed by atoms with E-state index in [1.807, 2.05) is 6.92 Å². The minimum Gasteiger partial charge on any atom is -0.462 e. The molecule has 160 valence electrons. The fourth-order valence-electron chi connectivity index (χ4n) is 2.97. The van der Waals surface area contributed by atoms with Gasteiger partial charge in [0, 0.05) is 26.3 Å². The van der Waals surface area contributed by atoms with Crippen LogP contribution in [0.25, 0.3) is 0 Å². The van der Waals surface area contributed by atoms with E-state index in [2.05, 4.69) is 0 Å². The zero-order valence-electron chi connectivity index (χ0n) is 17.0. The molecule has 0 aromatic heterocycles. The average molecular weight is 477 g/mol. The molecule has 0 unspecified atom stereocenters. The van der Waals surface area contributed by atoms with Gasteiger partial charge in [-0.1, -0.05) is 46.9 Å². The Balaban J connectivity index is 2.00. The zero-order chi connectivity index (χ0) is 22.5. The van der Waals surface area contributed by atoms with Crippen LogP contribution in [0.4, 0.5) is 5.69 Å². The van der Waals surface area contributed by atoms with Crippen molar-refractivity contribution in [3.05, 3.63) is 98.0 Å². The molecule has 0 spiro atoms. The molecule has 3 aromatic rings. The molecule has 0 bridgehead atoms. The standard InChI is InChI=1S/C24H20Cl3NO3/c1-3-31-24(30)16-7-10-20(11-8-16)28(14-18-6-9-19(25)13-22(18)27)23(29)17-5-4-15(2)21(26)12-17/h4-13H,3,14H2,1-2H3. The van der Waals surface area contributed by atoms with Gasteiger partial charge in [0.25, 0.3) is 5.91 Å². The highest BCUT2D eigenvalue weighted by Gasteiger charge is 2.21. The Bertz CT molecular complexity index is 1110. The van der Waals surface area contributed by atoms with Gasteiger partial charge in [0.1, 0.15) is 0 Å². The minimum atomic E-state index is -0.419. The SMILES string of the molecule is CCOC(=O)c1ccc(N(Cc2ccc(Cl)cc2Cl)C(=O)c2ccc(C)c(Cl)c2)cc1. The first-order chi connectivity index (χ1) is 14.8. The molecule has 31 heavy (non-hydrogen) atoms. The van der Waals surface area contributed by atoms with E-state index >= 15 is 0 Å². The summed E-state index contributed by atoms with van der Waals surface area (Å²) in [6.45, 7) is 4.11. The van der Waals surface area contributed by atoms with Crippen LogP contribution in [-0.2, 0) is 11.3 Å². The fraction of sp³-hybridized carbons (Fsp3) is 0.167. The van der Waals surface area contributed by atoms with E-state index in [-0.39, 0.29) is 19.1 Å². The van der Waals surface area contributed by atoms with Gasteiger partial charge in [0.2, 0.25) is 0 Å². The van der Waals surface area contributed by atoms with Crippen molar-refractivity contribution in [3.8, 4) is 0 Å². The Labute approximate surface area is 196 Å². The Morgan fingerprint density at radius 1 is 0.871 bits per heavy atom. The van der Waals surface area contributed by atoms with Gasteiger partial charge in [0.15, 0.2) is 0 Å². The maximum Gasteiger partial charge on any atom is 0.338 e. The number of amides is 1. The van der Waals surface area contributed by atoms with Gasteiger partial charge < -0.3 is 9.64 Å². The molecule has 4 nitrogen and oxygen atoms in total. The largest absolute Gasteiger partial charge is 0.462 e. The summed E-state index contributed by atoms with van der Waals surface area (Å²) in [4.78, 5) is 27.0. The fourth-order valence-corrected chi connectivity index (χ4v) is 3.62. The molecule has 7 heteroatoms. The van der Waals surface area contributed by atoms with Crippen LogP contribution in [-0.4, -0.2) is 18.5 Å². The summed E-state index contributed by atoms with van der Waals surface area (Å²) in [7, 11) is 0. The molecule has 0 radical (unpaired) electrons. The van der Waals surface area contributed by atoms with Crippen LogP contribution in [0.2, 0.25) is 15.1 Å². The summed E-state index contributed by atoms with van der Waals surface area (Å²) in [5.41, 5.74) is 3.05. The second kappa shape index (κ2) is 10.2. The van der Waals surface area contributed by atoms with Crippen LogP contribution in [0.1, 0.15) is 38.8 Å². The molecule has 0 aliphatic carbocycles. The summed E-state index contributed by atoms with van der Waals surface area (Å²) in [5.74, 6) is -0.671. The molecule has 0 N–H and O–H groups in total. The predicted molar refractivity (Wildman–Crippen MR) is 126 cm³/mol. The van der Waals surface area contributed by atoms with E-state index in [0.717, 1.165) is 11.1 Å². The number of rotatable bonds is 6. The number of nitrogens with zero attached hydrogens (tertiary/aromatic N) is 1. The number of carbonyl (C=O) groups excluding carboxylic acids is 2. The topological polar surface area (TPSA) is 46.6 Å². The highest BCUT2D eigenvalue weighted by molar-refractivity contribution is 6.35. The first kappa shape index (κ1) is 23.1. The van der Waals surface area contributed by atoms with Gasteiger partial charge in [0.05, 0.1) is 18.7 Å². The van der Waals surface area contributed by atoms with Crippen molar-refractivity contribution in [2.75, 3.05) is 11.5 Å². The van der Waals surface area contributed by atoms with E-state index in [9.17, 15) is 9.59 Å². The van der Waals surface area contributed by atoms with E-state index in [0.29, 0.717) is 31.9 Å². The monoisotopic (exact) mass is 475 g/mol. The number of ether oxygens (including phenoxy) is 1. The average Bonchev–Trinajstić information content (AvgIpc) is 2.75. The molecule has 0 aliphatic heterocycles. The third kappa shape index (κ3) is 5.59. The van der Waals surface area contributed by atoms with Gasteiger partial charge in [-0.2, -0.15) is 0 Å². The molecule has 0 heterocycles. The van der Waals surface area contributed by atoms with Crippen LogP contribution in [0, 0.1) is 6.92 Å². The predicted octanol–water partition coefficient (Wildman–Crippen LogP) is 6.98. The number of aryl methyl sites for hydroxylation is 1. The number of hydrogen-bond donors (Lipinski definition) is 0. The molecular weight excluding hydrogens is 457 g/mol. The van der Waals surface area contributed by atoms with Crippen molar-refractivity contribution in [2.24, 2.45) is 0 Å². The number of carbonyl (C=O) groups is 2. The molecular formula is C24H20Cl3NO3. The van der Waals surface area contributed by atoms with Crippen molar-refractivity contribution in [2.45, 2.75) is 20.4 Å². The zero-order valence-corrected chi connectivity index (χ0v) is 19.3. The third-order valence-electron chi connectivity index (χ3n) is 4.70. The quantitative estimate of drug-likeness (QED) is 0.361. The highest BCUT2D eigenvalue weighted by Crippen LogP contribution is 2.27. The van der Waals surface area contributed by atoms with E-state index < -0.39 is 5.97 Å². The van der Waals surface area contributed by atoms with Crippen LogP contribution >= 0.6 is 34.8 Å². The summed E-state index contributed by atoms with van der Waals surface area (Å²) in [6, 6.07) is 16.9. The van der Waals surface area contributed by atoms with E-state index in [4.69, 9.17) is 39.5 Å². The second-order valence-electron chi connectivity index (χ2n) is 6.86. The summed E-state index contributed by atoms with van der Waals surface area (Å²) in [5, 5.41) is 1.47.